The lowest BCUT2D eigenvalue weighted by Crippen LogP contribution is -2.47. The number of halogens is 1. The smallest absolute Gasteiger partial charge is 0.223 e. The van der Waals surface area contributed by atoms with Gasteiger partial charge in [-0.1, -0.05) is 26.7 Å². The van der Waals surface area contributed by atoms with Crippen molar-refractivity contribution in [2.45, 2.75) is 58.4 Å². The largest absolute Gasteiger partial charge is 0.338 e. The number of hydrogen-bond acceptors (Lipinski definition) is 2. The van der Waals surface area contributed by atoms with Crippen molar-refractivity contribution in [1.82, 2.24) is 4.90 Å². The van der Waals surface area contributed by atoms with Crippen molar-refractivity contribution >= 4 is 18.3 Å². The zero-order valence-electron chi connectivity index (χ0n) is 11.2. The maximum Gasteiger partial charge on any atom is 0.223 e. The summed E-state index contributed by atoms with van der Waals surface area (Å²) in [5.74, 6) is 0.872. The summed E-state index contributed by atoms with van der Waals surface area (Å²) < 4.78 is 0. The lowest BCUT2D eigenvalue weighted by molar-refractivity contribution is -0.135. The van der Waals surface area contributed by atoms with Crippen molar-refractivity contribution in [2.75, 3.05) is 13.1 Å². The molecule has 1 rings (SSSR count). The van der Waals surface area contributed by atoms with Crippen LogP contribution in [0.25, 0.3) is 0 Å². The molecule has 102 valence electrons. The van der Waals surface area contributed by atoms with Gasteiger partial charge in [0.1, 0.15) is 0 Å². The van der Waals surface area contributed by atoms with Crippen LogP contribution < -0.4 is 5.73 Å². The summed E-state index contributed by atoms with van der Waals surface area (Å²) in [4.78, 5) is 14.2. The van der Waals surface area contributed by atoms with Crippen LogP contribution in [0.15, 0.2) is 0 Å². The van der Waals surface area contributed by atoms with Gasteiger partial charge in [-0.05, 0) is 25.2 Å². The summed E-state index contributed by atoms with van der Waals surface area (Å²) in [6.07, 6.45) is 6.36. The van der Waals surface area contributed by atoms with E-state index < -0.39 is 0 Å². The maximum absolute atomic E-state index is 12.2. The number of nitrogens with zero attached hydrogens (tertiary/aromatic N) is 1. The Labute approximate surface area is 112 Å². The van der Waals surface area contributed by atoms with Crippen LogP contribution in [0.5, 0.6) is 0 Å². The summed E-state index contributed by atoms with van der Waals surface area (Å²) in [7, 11) is 0. The number of rotatable bonds is 5. The van der Waals surface area contributed by atoms with Gasteiger partial charge in [0, 0.05) is 25.6 Å². The number of amides is 1. The predicted molar refractivity (Wildman–Crippen MR) is 74.3 cm³/mol. The molecule has 3 nitrogen and oxygen atoms in total. The molecule has 1 unspecified atom stereocenters. The average molecular weight is 263 g/mol. The lowest BCUT2D eigenvalue weighted by Gasteiger charge is -2.35. The van der Waals surface area contributed by atoms with E-state index >= 15 is 0 Å². The Kier molecular flexibility index (Phi) is 8.61. The van der Waals surface area contributed by atoms with Crippen LogP contribution in [0.2, 0.25) is 0 Å². The van der Waals surface area contributed by atoms with Gasteiger partial charge in [-0.25, -0.2) is 0 Å². The molecule has 4 heteroatoms. The minimum Gasteiger partial charge on any atom is -0.338 e. The molecule has 1 fully saturated rings. The topological polar surface area (TPSA) is 46.3 Å². The van der Waals surface area contributed by atoms with E-state index in [2.05, 4.69) is 13.8 Å². The van der Waals surface area contributed by atoms with Gasteiger partial charge >= 0.3 is 0 Å². The van der Waals surface area contributed by atoms with Crippen LogP contribution in [-0.4, -0.2) is 29.9 Å². The van der Waals surface area contributed by atoms with E-state index in [4.69, 9.17) is 5.73 Å². The van der Waals surface area contributed by atoms with Crippen LogP contribution in [0, 0.1) is 5.92 Å². The second-order valence-electron chi connectivity index (χ2n) is 4.86. The van der Waals surface area contributed by atoms with Crippen LogP contribution in [0.1, 0.15) is 52.4 Å². The van der Waals surface area contributed by atoms with Crippen molar-refractivity contribution < 1.29 is 4.79 Å². The van der Waals surface area contributed by atoms with Crippen molar-refractivity contribution in [1.29, 1.82) is 0 Å². The first-order valence-electron chi connectivity index (χ1n) is 6.72. The fourth-order valence-electron chi connectivity index (χ4n) is 2.52. The first kappa shape index (κ1) is 16.7. The Morgan fingerprint density at radius 2 is 2.00 bits per heavy atom. The second kappa shape index (κ2) is 8.76. The predicted octanol–water partition coefficient (Wildman–Crippen LogP) is 2.57. The van der Waals surface area contributed by atoms with Gasteiger partial charge in [-0.3, -0.25) is 4.79 Å². The minimum atomic E-state index is 0. The van der Waals surface area contributed by atoms with Crippen molar-refractivity contribution in [3.05, 3.63) is 0 Å². The molecule has 1 amide bonds. The molecule has 0 aliphatic carbocycles. The Balaban J connectivity index is 0.00000256. The van der Waals surface area contributed by atoms with Gasteiger partial charge in [0.25, 0.3) is 0 Å². The van der Waals surface area contributed by atoms with E-state index in [0.717, 1.165) is 32.2 Å². The standard InChI is InChI=1S/C13H26N2O.ClH/c1-3-11(4-2)9-13(16)15-8-6-5-7-12(15)10-14;/h11-12H,3-10,14H2,1-2H3;1H. The highest BCUT2D eigenvalue weighted by molar-refractivity contribution is 5.85. The van der Waals surface area contributed by atoms with Crippen LogP contribution in [-0.2, 0) is 4.79 Å². The zero-order valence-corrected chi connectivity index (χ0v) is 12.0. The molecule has 0 aromatic rings. The molecule has 0 aromatic heterocycles. The van der Waals surface area contributed by atoms with Gasteiger partial charge < -0.3 is 10.6 Å². The molecule has 0 aromatic carbocycles. The first-order chi connectivity index (χ1) is 7.72. The number of nitrogens with two attached hydrogens (primary N) is 1. The highest BCUT2D eigenvalue weighted by Crippen LogP contribution is 2.20. The molecular formula is C13H27ClN2O. The van der Waals surface area contributed by atoms with Gasteiger partial charge in [0.2, 0.25) is 5.91 Å². The number of hydrogen-bond donors (Lipinski definition) is 1. The SMILES string of the molecule is CCC(CC)CC(=O)N1CCCCC1CN.Cl. The number of carbonyl (C=O) groups is 1. The van der Waals surface area contributed by atoms with Gasteiger partial charge in [0.05, 0.1) is 0 Å². The Morgan fingerprint density at radius 3 is 2.53 bits per heavy atom. The highest BCUT2D eigenvalue weighted by atomic mass is 35.5. The van der Waals surface area contributed by atoms with Crippen molar-refractivity contribution in [3.8, 4) is 0 Å². The zero-order chi connectivity index (χ0) is 12.0. The van der Waals surface area contributed by atoms with Crippen molar-refractivity contribution in [2.24, 2.45) is 11.7 Å². The van der Waals surface area contributed by atoms with E-state index in [9.17, 15) is 4.79 Å². The number of likely N-dealkylation sites (tertiary alicyclic amines) is 1. The van der Waals surface area contributed by atoms with Gasteiger partial charge in [0.15, 0.2) is 0 Å². The summed E-state index contributed by atoms with van der Waals surface area (Å²) in [5.41, 5.74) is 5.73. The number of carbonyl (C=O) groups excluding carboxylic acids is 1. The van der Waals surface area contributed by atoms with E-state index in [1.807, 2.05) is 4.90 Å². The van der Waals surface area contributed by atoms with Gasteiger partial charge in [-0.2, -0.15) is 0 Å². The summed E-state index contributed by atoms with van der Waals surface area (Å²) in [6.45, 7) is 5.87. The molecule has 1 aliphatic rings. The van der Waals surface area contributed by atoms with Crippen molar-refractivity contribution in [3.63, 3.8) is 0 Å². The summed E-state index contributed by atoms with van der Waals surface area (Å²) >= 11 is 0. The quantitative estimate of drug-likeness (QED) is 0.828. The first-order valence-corrected chi connectivity index (χ1v) is 6.72. The molecule has 1 heterocycles. The fraction of sp³-hybridized carbons (Fsp3) is 0.923. The Bertz CT molecular complexity index is 219. The van der Waals surface area contributed by atoms with E-state index in [1.165, 1.54) is 6.42 Å². The third-order valence-electron chi connectivity index (χ3n) is 3.84. The molecule has 0 radical (unpaired) electrons. The Morgan fingerprint density at radius 1 is 1.35 bits per heavy atom. The molecule has 0 spiro atoms. The molecule has 1 atom stereocenters. The van der Waals surface area contributed by atoms with Crippen LogP contribution in [0.4, 0.5) is 0 Å². The normalized spacial score (nSPS) is 20.2. The number of piperidine rings is 1. The molecule has 17 heavy (non-hydrogen) atoms. The summed E-state index contributed by atoms with van der Waals surface area (Å²) in [5, 5.41) is 0. The Hall–Kier alpha value is -0.280. The molecule has 1 saturated heterocycles. The molecule has 0 bridgehead atoms. The monoisotopic (exact) mass is 262 g/mol. The molecule has 0 saturated carbocycles. The van der Waals surface area contributed by atoms with Gasteiger partial charge in [-0.15, -0.1) is 12.4 Å². The van der Waals surface area contributed by atoms with Crippen LogP contribution >= 0.6 is 12.4 Å². The second-order valence-corrected chi connectivity index (χ2v) is 4.86. The maximum atomic E-state index is 12.2. The van der Waals surface area contributed by atoms with Crippen LogP contribution in [0.3, 0.4) is 0 Å². The average Bonchev–Trinajstić information content (AvgIpc) is 2.35. The van der Waals surface area contributed by atoms with E-state index in [-0.39, 0.29) is 12.4 Å². The lowest BCUT2D eigenvalue weighted by atomic mass is 9.96. The third kappa shape index (κ3) is 4.84. The minimum absolute atomic E-state index is 0. The molecular weight excluding hydrogens is 236 g/mol. The molecule has 1 aliphatic heterocycles. The third-order valence-corrected chi connectivity index (χ3v) is 3.84. The van der Waals surface area contributed by atoms with E-state index in [1.54, 1.807) is 0 Å². The fourth-order valence-corrected chi connectivity index (χ4v) is 2.52. The van der Waals surface area contributed by atoms with E-state index in [0.29, 0.717) is 30.8 Å². The molecule has 2 N–H and O–H groups in total. The summed E-state index contributed by atoms with van der Waals surface area (Å²) in [6, 6.07) is 0.301. The highest BCUT2D eigenvalue weighted by Gasteiger charge is 2.26.